The van der Waals surface area contributed by atoms with Crippen molar-refractivity contribution < 1.29 is 5.11 Å². The summed E-state index contributed by atoms with van der Waals surface area (Å²) in [7, 11) is 0. The smallest absolute Gasteiger partial charge is 0.137 e. The van der Waals surface area contributed by atoms with Gasteiger partial charge < -0.3 is 5.11 Å². The van der Waals surface area contributed by atoms with Crippen molar-refractivity contribution in [1.82, 2.24) is 24.6 Å². The molecule has 8 heteroatoms. The average Bonchev–Trinajstić information content (AvgIpc) is 3.11. The Morgan fingerprint density at radius 1 is 1.00 bits per heavy atom. The fourth-order valence-corrected chi connectivity index (χ4v) is 4.01. The molecule has 2 aromatic rings. The highest BCUT2D eigenvalue weighted by molar-refractivity contribution is 6.35. The minimum atomic E-state index is -0.908. The van der Waals surface area contributed by atoms with E-state index in [0.29, 0.717) is 23.1 Å². The normalized spacial score (nSPS) is 18.9. The van der Waals surface area contributed by atoms with Gasteiger partial charge in [-0.15, -0.1) is 0 Å². The van der Waals surface area contributed by atoms with Gasteiger partial charge in [-0.05, 0) is 17.5 Å². The largest absolute Gasteiger partial charge is 0.386 e. The third-order valence-electron chi connectivity index (χ3n) is 5.68. The maximum atomic E-state index is 11.5. The van der Waals surface area contributed by atoms with Gasteiger partial charge in [0.05, 0.1) is 6.54 Å². The molecule has 1 fully saturated rings. The van der Waals surface area contributed by atoms with E-state index in [2.05, 4.69) is 40.7 Å². The molecule has 0 saturated carbocycles. The topological polar surface area (TPSA) is 57.4 Å². The summed E-state index contributed by atoms with van der Waals surface area (Å²) in [5, 5.41) is 17.1. The van der Waals surface area contributed by atoms with Crippen molar-refractivity contribution in [3.05, 3.63) is 46.5 Å². The molecule has 0 radical (unpaired) electrons. The fourth-order valence-electron chi connectivity index (χ4n) is 3.49. The van der Waals surface area contributed by atoms with Crippen LogP contribution in [-0.2, 0) is 13.1 Å². The number of benzene rings is 1. The lowest BCUT2D eigenvalue weighted by Gasteiger charge is -2.45. The summed E-state index contributed by atoms with van der Waals surface area (Å²) in [6.45, 7) is 11.6. The first-order valence-electron chi connectivity index (χ1n) is 9.60. The fraction of sp³-hybridized carbons (Fsp3) is 0.600. The summed E-state index contributed by atoms with van der Waals surface area (Å²) in [5.41, 5.74) is -0.215. The van der Waals surface area contributed by atoms with Crippen LogP contribution in [0, 0.1) is 5.41 Å². The van der Waals surface area contributed by atoms with E-state index in [9.17, 15) is 5.11 Å². The van der Waals surface area contributed by atoms with Crippen LogP contribution in [0.1, 0.15) is 26.3 Å². The number of nitrogens with zero attached hydrogens (tertiary/aromatic N) is 5. The zero-order valence-electron chi connectivity index (χ0n) is 16.8. The van der Waals surface area contributed by atoms with E-state index in [1.54, 1.807) is 11.0 Å². The van der Waals surface area contributed by atoms with Gasteiger partial charge in [-0.3, -0.25) is 14.5 Å². The Labute approximate surface area is 177 Å². The molecular formula is C20H29Cl2N5O. The summed E-state index contributed by atoms with van der Waals surface area (Å²) in [6, 6.07) is 5.63. The van der Waals surface area contributed by atoms with Gasteiger partial charge in [-0.2, -0.15) is 5.10 Å². The highest BCUT2D eigenvalue weighted by Crippen LogP contribution is 2.33. The van der Waals surface area contributed by atoms with Crippen LogP contribution in [0.4, 0.5) is 0 Å². The third kappa shape index (κ3) is 5.05. The first-order valence-corrected chi connectivity index (χ1v) is 10.4. The lowest BCUT2D eigenvalue weighted by molar-refractivity contribution is -0.0990. The summed E-state index contributed by atoms with van der Waals surface area (Å²) in [5.74, 6) is 0. The number of halogens is 2. The van der Waals surface area contributed by atoms with Gasteiger partial charge in [0, 0.05) is 54.9 Å². The SMILES string of the molecule is CC(C)(C)C(O)(CN1CCN(Cc2c(Cl)cccc2Cl)CC1)Cn1cncn1. The lowest BCUT2D eigenvalue weighted by Crippen LogP contribution is -2.58. The monoisotopic (exact) mass is 425 g/mol. The van der Waals surface area contributed by atoms with Crippen molar-refractivity contribution in [2.75, 3.05) is 32.7 Å². The molecule has 1 aliphatic heterocycles. The predicted octanol–water partition coefficient (Wildman–Crippen LogP) is 3.18. The van der Waals surface area contributed by atoms with E-state index >= 15 is 0 Å². The van der Waals surface area contributed by atoms with Crippen molar-refractivity contribution in [3.8, 4) is 0 Å². The molecule has 0 spiro atoms. The zero-order chi connectivity index (χ0) is 20.4. The molecule has 0 amide bonds. The molecule has 1 unspecified atom stereocenters. The summed E-state index contributed by atoms with van der Waals surface area (Å²) < 4.78 is 1.71. The van der Waals surface area contributed by atoms with Gasteiger partial charge in [0.1, 0.15) is 18.3 Å². The van der Waals surface area contributed by atoms with Gasteiger partial charge in [-0.1, -0.05) is 50.0 Å². The number of aromatic nitrogens is 3. The van der Waals surface area contributed by atoms with Crippen LogP contribution in [-0.4, -0.2) is 68.0 Å². The maximum absolute atomic E-state index is 11.5. The third-order valence-corrected chi connectivity index (χ3v) is 6.39. The number of β-amino-alcohol motifs (C(OH)–C–C–N with tert-alkyl or cyclic N) is 1. The van der Waals surface area contributed by atoms with Gasteiger partial charge in [0.15, 0.2) is 0 Å². The molecule has 0 bridgehead atoms. The minimum Gasteiger partial charge on any atom is -0.386 e. The van der Waals surface area contributed by atoms with Crippen LogP contribution in [0.2, 0.25) is 10.0 Å². The van der Waals surface area contributed by atoms with E-state index in [1.807, 2.05) is 18.2 Å². The van der Waals surface area contributed by atoms with Crippen molar-refractivity contribution in [2.24, 2.45) is 5.41 Å². The van der Waals surface area contributed by atoms with Crippen molar-refractivity contribution in [1.29, 1.82) is 0 Å². The summed E-state index contributed by atoms with van der Waals surface area (Å²) in [4.78, 5) is 8.68. The standard InChI is InChI=1S/C20H29Cl2N5O/c1-19(2,3)20(28,13-27-15-23-14-24-27)12-26-9-7-25(8-10-26)11-16-17(21)5-4-6-18(16)22/h4-6,14-15,28H,7-13H2,1-3H3. The Balaban J connectivity index is 1.60. The molecule has 1 atom stereocenters. The van der Waals surface area contributed by atoms with Crippen LogP contribution in [0.15, 0.2) is 30.9 Å². The minimum absolute atomic E-state index is 0.291. The second-order valence-electron chi connectivity index (χ2n) is 8.63. The van der Waals surface area contributed by atoms with E-state index in [4.69, 9.17) is 23.2 Å². The van der Waals surface area contributed by atoms with E-state index in [-0.39, 0.29) is 5.41 Å². The van der Waals surface area contributed by atoms with Gasteiger partial charge in [-0.25, -0.2) is 4.98 Å². The van der Waals surface area contributed by atoms with Gasteiger partial charge in [0.2, 0.25) is 0 Å². The second-order valence-corrected chi connectivity index (χ2v) is 9.44. The molecule has 154 valence electrons. The molecule has 1 aromatic carbocycles. The van der Waals surface area contributed by atoms with Crippen LogP contribution >= 0.6 is 23.2 Å². The molecule has 28 heavy (non-hydrogen) atoms. The van der Waals surface area contributed by atoms with E-state index in [1.165, 1.54) is 6.33 Å². The molecule has 3 rings (SSSR count). The van der Waals surface area contributed by atoms with Gasteiger partial charge >= 0.3 is 0 Å². The van der Waals surface area contributed by atoms with Crippen molar-refractivity contribution in [2.45, 2.75) is 39.5 Å². The number of hydrogen-bond donors (Lipinski definition) is 1. The number of hydrogen-bond acceptors (Lipinski definition) is 5. The summed E-state index contributed by atoms with van der Waals surface area (Å²) >= 11 is 12.6. The Hall–Kier alpha value is -1.18. The van der Waals surface area contributed by atoms with Crippen LogP contribution in [0.5, 0.6) is 0 Å². The molecular weight excluding hydrogens is 397 g/mol. The van der Waals surface area contributed by atoms with E-state index in [0.717, 1.165) is 38.3 Å². The average molecular weight is 426 g/mol. The van der Waals surface area contributed by atoms with Crippen LogP contribution < -0.4 is 0 Å². The molecule has 1 N–H and O–H groups in total. The Kier molecular flexibility index (Phi) is 6.67. The highest BCUT2D eigenvalue weighted by atomic mass is 35.5. The Morgan fingerprint density at radius 3 is 2.14 bits per heavy atom. The maximum Gasteiger partial charge on any atom is 0.137 e. The molecule has 0 aliphatic carbocycles. The number of rotatable bonds is 6. The molecule has 6 nitrogen and oxygen atoms in total. The molecule has 2 heterocycles. The van der Waals surface area contributed by atoms with Crippen molar-refractivity contribution >= 4 is 23.2 Å². The molecule has 1 aliphatic rings. The Morgan fingerprint density at radius 2 is 1.61 bits per heavy atom. The first kappa shape index (κ1) is 21.5. The number of piperazine rings is 1. The highest BCUT2D eigenvalue weighted by Gasteiger charge is 2.42. The first-order chi connectivity index (χ1) is 13.2. The van der Waals surface area contributed by atoms with E-state index < -0.39 is 5.60 Å². The predicted molar refractivity (Wildman–Crippen MR) is 113 cm³/mol. The van der Waals surface area contributed by atoms with Crippen molar-refractivity contribution in [3.63, 3.8) is 0 Å². The molecule has 1 aromatic heterocycles. The molecule has 1 saturated heterocycles. The summed E-state index contributed by atoms with van der Waals surface area (Å²) in [6.07, 6.45) is 3.16. The number of aliphatic hydroxyl groups is 1. The quantitative estimate of drug-likeness (QED) is 0.769. The Bertz CT molecular complexity index is 749. The zero-order valence-corrected chi connectivity index (χ0v) is 18.3. The van der Waals surface area contributed by atoms with Crippen LogP contribution in [0.25, 0.3) is 0 Å². The van der Waals surface area contributed by atoms with Gasteiger partial charge in [0.25, 0.3) is 0 Å². The lowest BCUT2D eigenvalue weighted by atomic mass is 9.76. The second kappa shape index (κ2) is 8.67. The van der Waals surface area contributed by atoms with Crippen LogP contribution in [0.3, 0.4) is 0 Å².